The lowest BCUT2D eigenvalue weighted by molar-refractivity contribution is -0.302. The molecule has 0 aliphatic heterocycles. The van der Waals surface area contributed by atoms with E-state index in [0.717, 1.165) is 45.0 Å². The molecule has 0 aliphatic rings. The molecular weight excluding hydrogens is 299 g/mol. The highest BCUT2D eigenvalue weighted by Gasteiger charge is 2.02. The number of aliphatic carboxylic acids is 1. The number of carbonyl (C=O) groups is 1. The normalized spacial score (nSPS) is 9.91. The van der Waals surface area contributed by atoms with Crippen LogP contribution in [-0.2, 0) is 9.53 Å². The van der Waals surface area contributed by atoms with E-state index < -0.39 is 5.97 Å². The molecule has 23 heavy (non-hydrogen) atoms. The SMILES string of the molecule is CC(=O)[O-].CCCCCOCCCCOc1ccc(C)cc1F. The van der Waals surface area contributed by atoms with Crippen LogP contribution in [0.25, 0.3) is 0 Å². The van der Waals surface area contributed by atoms with Crippen LogP contribution in [0.15, 0.2) is 18.2 Å². The Hall–Kier alpha value is -1.62. The van der Waals surface area contributed by atoms with Crippen LogP contribution in [-0.4, -0.2) is 25.8 Å². The van der Waals surface area contributed by atoms with Crippen LogP contribution in [0.1, 0.15) is 51.5 Å². The molecule has 1 aromatic carbocycles. The van der Waals surface area contributed by atoms with Gasteiger partial charge in [0, 0.05) is 19.2 Å². The maximum atomic E-state index is 13.4. The Morgan fingerprint density at radius 1 is 1.13 bits per heavy atom. The monoisotopic (exact) mass is 327 g/mol. The van der Waals surface area contributed by atoms with Gasteiger partial charge in [0.2, 0.25) is 0 Å². The van der Waals surface area contributed by atoms with E-state index in [-0.39, 0.29) is 5.82 Å². The van der Waals surface area contributed by atoms with E-state index in [1.807, 2.05) is 13.0 Å². The molecule has 0 atom stereocenters. The first-order valence-electron chi connectivity index (χ1n) is 8.11. The third kappa shape index (κ3) is 13.7. The van der Waals surface area contributed by atoms with Gasteiger partial charge < -0.3 is 19.4 Å². The van der Waals surface area contributed by atoms with Crippen LogP contribution in [0.5, 0.6) is 5.75 Å². The van der Waals surface area contributed by atoms with Crippen molar-refractivity contribution in [3.63, 3.8) is 0 Å². The summed E-state index contributed by atoms with van der Waals surface area (Å²) in [5.74, 6) is -1.02. The van der Waals surface area contributed by atoms with Crippen molar-refractivity contribution in [2.75, 3.05) is 19.8 Å². The number of carbonyl (C=O) groups excluding carboxylic acids is 1. The summed E-state index contributed by atoms with van der Waals surface area (Å²) in [6.45, 7) is 7.17. The Morgan fingerprint density at radius 3 is 2.26 bits per heavy atom. The average Bonchev–Trinajstić information content (AvgIpc) is 2.47. The van der Waals surface area contributed by atoms with E-state index in [4.69, 9.17) is 19.4 Å². The van der Waals surface area contributed by atoms with Gasteiger partial charge in [-0.25, -0.2) is 4.39 Å². The highest BCUT2D eigenvalue weighted by atomic mass is 19.1. The molecule has 0 radical (unpaired) electrons. The Kier molecular flexibility index (Phi) is 13.0. The van der Waals surface area contributed by atoms with Gasteiger partial charge in [-0.1, -0.05) is 25.8 Å². The van der Waals surface area contributed by atoms with Crippen molar-refractivity contribution in [1.82, 2.24) is 0 Å². The Balaban J connectivity index is 0.00000108. The summed E-state index contributed by atoms with van der Waals surface area (Å²) in [6.07, 6.45) is 5.44. The number of rotatable bonds is 10. The first-order valence-corrected chi connectivity index (χ1v) is 8.11. The van der Waals surface area contributed by atoms with Crippen molar-refractivity contribution in [2.45, 2.75) is 52.9 Å². The van der Waals surface area contributed by atoms with E-state index in [0.29, 0.717) is 12.4 Å². The van der Waals surface area contributed by atoms with Crippen molar-refractivity contribution in [1.29, 1.82) is 0 Å². The fraction of sp³-hybridized carbons (Fsp3) is 0.611. The lowest BCUT2D eigenvalue weighted by Gasteiger charge is -2.08. The predicted molar refractivity (Wildman–Crippen MR) is 86.9 cm³/mol. The molecule has 0 N–H and O–H groups in total. The maximum absolute atomic E-state index is 13.4. The summed E-state index contributed by atoms with van der Waals surface area (Å²) in [7, 11) is 0. The number of ether oxygens (including phenoxy) is 2. The molecule has 0 fully saturated rings. The number of unbranched alkanes of at least 4 members (excludes halogenated alkanes) is 3. The van der Waals surface area contributed by atoms with Crippen molar-refractivity contribution < 1.29 is 23.8 Å². The largest absolute Gasteiger partial charge is 0.550 e. The standard InChI is InChI=1S/C16H25FO2.C2H4O2/c1-3-4-5-10-18-11-6-7-12-19-16-9-8-14(2)13-15(16)17;1-2(3)4/h8-9,13H,3-7,10-12H2,1-2H3;1H3,(H,3,4)/p-1. The average molecular weight is 327 g/mol. The van der Waals surface area contributed by atoms with Gasteiger partial charge in [0.25, 0.3) is 0 Å². The molecule has 0 bridgehead atoms. The second-order valence-corrected chi connectivity index (χ2v) is 5.30. The summed E-state index contributed by atoms with van der Waals surface area (Å²) in [4.78, 5) is 8.89. The van der Waals surface area contributed by atoms with E-state index in [9.17, 15) is 4.39 Å². The third-order valence-electron chi connectivity index (χ3n) is 2.92. The van der Waals surface area contributed by atoms with Crippen LogP contribution in [0.2, 0.25) is 0 Å². The van der Waals surface area contributed by atoms with Crippen molar-refractivity contribution >= 4 is 5.97 Å². The van der Waals surface area contributed by atoms with Gasteiger partial charge in [-0.15, -0.1) is 0 Å². The van der Waals surface area contributed by atoms with E-state index in [1.54, 1.807) is 6.07 Å². The van der Waals surface area contributed by atoms with Gasteiger partial charge in [-0.3, -0.25) is 0 Å². The summed E-state index contributed by atoms with van der Waals surface area (Å²) in [6, 6.07) is 5.04. The molecule has 0 amide bonds. The van der Waals surface area contributed by atoms with Crippen molar-refractivity contribution in [2.24, 2.45) is 0 Å². The molecule has 0 aliphatic carbocycles. The third-order valence-corrected chi connectivity index (χ3v) is 2.92. The van der Waals surface area contributed by atoms with Gasteiger partial charge in [0.05, 0.1) is 6.61 Å². The zero-order chi connectivity index (χ0) is 17.5. The van der Waals surface area contributed by atoms with Gasteiger partial charge in [0.1, 0.15) is 0 Å². The van der Waals surface area contributed by atoms with E-state index in [1.165, 1.54) is 18.9 Å². The van der Waals surface area contributed by atoms with Gasteiger partial charge in [0.15, 0.2) is 11.6 Å². The highest BCUT2D eigenvalue weighted by molar-refractivity contribution is 5.60. The molecule has 132 valence electrons. The molecule has 0 aromatic heterocycles. The Labute approximate surface area is 138 Å². The molecule has 4 nitrogen and oxygen atoms in total. The van der Waals surface area contributed by atoms with Gasteiger partial charge >= 0.3 is 0 Å². The minimum atomic E-state index is -1.08. The summed E-state index contributed by atoms with van der Waals surface area (Å²) >= 11 is 0. The second-order valence-electron chi connectivity index (χ2n) is 5.30. The molecule has 0 saturated carbocycles. The van der Waals surface area contributed by atoms with E-state index >= 15 is 0 Å². The predicted octanol–water partition coefficient (Wildman–Crippen LogP) is 3.26. The van der Waals surface area contributed by atoms with Crippen LogP contribution >= 0.6 is 0 Å². The Bertz CT molecular complexity index is 431. The first-order chi connectivity index (χ1) is 11.0. The fourth-order valence-corrected chi connectivity index (χ4v) is 1.77. The second kappa shape index (κ2) is 14.0. The molecule has 1 rings (SSSR count). The van der Waals surface area contributed by atoms with Crippen LogP contribution in [0.3, 0.4) is 0 Å². The van der Waals surface area contributed by atoms with E-state index in [2.05, 4.69) is 6.92 Å². The lowest BCUT2D eigenvalue weighted by Crippen LogP contribution is -2.16. The number of hydrogen-bond acceptors (Lipinski definition) is 4. The van der Waals surface area contributed by atoms with Crippen molar-refractivity contribution in [3.8, 4) is 5.75 Å². The molecule has 0 heterocycles. The molecule has 5 heteroatoms. The number of carboxylic acids is 1. The quantitative estimate of drug-likeness (QED) is 0.619. The topological polar surface area (TPSA) is 58.6 Å². The smallest absolute Gasteiger partial charge is 0.165 e. The summed E-state index contributed by atoms with van der Waals surface area (Å²) in [5, 5.41) is 8.89. The maximum Gasteiger partial charge on any atom is 0.165 e. The van der Waals surface area contributed by atoms with Crippen LogP contribution in [0, 0.1) is 12.7 Å². The highest BCUT2D eigenvalue weighted by Crippen LogP contribution is 2.18. The molecular formula is C18H28FO4-. The summed E-state index contributed by atoms with van der Waals surface area (Å²) < 4.78 is 24.4. The lowest BCUT2D eigenvalue weighted by atomic mass is 10.2. The number of halogens is 1. The molecule has 0 unspecified atom stereocenters. The molecule has 0 spiro atoms. The molecule has 0 saturated heterocycles. The van der Waals surface area contributed by atoms with Gasteiger partial charge in [-0.05, 0) is 50.8 Å². The number of aryl methyl sites for hydroxylation is 1. The number of hydrogen-bond donors (Lipinski definition) is 0. The minimum absolute atomic E-state index is 0.282. The van der Waals surface area contributed by atoms with Crippen LogP contribution in [0.4, 0.5) is 4.39 Å². The first kappa shape index (κ1) is 21.4. The zero-order valence-corrected chi connectivity index (χ0v) is 14.4. The minimum Gasteiger partial charge on any atom is -0.550 e. The zero-order valence-electron chi connectivity index (χ0n) is 14.4. The van der Waals surface area contributed by atoms with Crippen LogP contribution < -0.4 is 9.84 Å². The van der Waals surface area contributed by atoms with Crippen molar-refractivity contribution in [3.05, 3.63) is 29.6 Å². The number of benzene rings is 1. The number of carboxylic acid groups (broad SMARTS) is 1. The van der Waals surface area contributed by atoms with Gasteiger partial charge in [-0.2, -0.15) is 0 Å². The fourth-order valence-electron chi connectivity index (χ4n) is 1.77. The summed E-state index contributed by atoms with van der Waals surface area (Å²) in [5.41, 5.74) is 0.908. The Morgan fingerprint density at radius 2 is 1.70 bits per heavy atom. The molecule has 1 aromatic rings.